The standard InChI is InChI=1S/C32H30F5N7O2/c1-42-27-15(10-38-42)3-5-18(33)21(27)22-24(34)26-23-28(25(22)35)45-13-20-19-6-4-17(39-19)12-44(20)30(23)41-31(40-26)46-14-32-7-2-8-43(32)11-16(9-32)29(36)37/h3,5,10,17,19-20,39H,2,4,6-9,11-14H2,1H3. The van der Waals surface area contributed by atoms with Crippen LogP contribution >= 0.6 is 0 Å². The van der Waals surface area contributed by atoms with E-state index >= 15 is 13.2 Å². The summed E-state index contributed by atoms with van der Waals surface area (Å²) in [5, 5.41) is 8.33. The number of nitrogens with zero attached hydrogens (tertiary/aromatic N) is 6. The van der Waals surface area contributed by atoms with Crippen LogP contribution in [0.25, 0.3) is 32.9 Å². The van der Waals surface area contributed by atoms with E-state index in [4.69, 9.17) is 14.5 Å². The zero-order valence-corrected chi connectivity index (χ0v) is 24.9. The van der Waals surface area contributed by atoms with Gasteiger partial charge in [0, 0.05) is 48.7 Å². The first-order chi connectivity index (χ1) is 22.2. The third-order valence-corrected chi connectivity index (χ3v) is 10.7. The van der Waals surface area contributed by atoms with Gasteiger partial charge < -0.3 is 19.7 Å². The first-order valence-corrected chi connectivity index (χ1v) is 15.6. The Balaban J connectivity index is 1.24. The highest BCUT2D eigenvalue weighted by molar-refractivity contribution is 6.03. The Labute approximate surface area is 260 Å². The van der Waals surface area contributed by atoms with Crippen molar-refractivity contribution in [3.05, 3.63) is 47.4 Å². The lowest BCUT2D eigenvalue weighted by atomic mass is 9.94. The summed E-state index contributed by atoms with van der Waals surface area (Å²) in [6, 6.07) is 2.46. The van der Waals surface area contributed by atoms with Gasteiger partial charge in [0.25, 0.3) is 6.08 Å². The summed E-state index contributed by atoms with van der Waals surface area (Å²) in [6.45, 7) is 1.48. The number of fused-ring (bicyclic) bond motifs is 7. The van der Waals surface area contributed by atoms with Gasteiger partial charge in [-0.3, -0.25) is 9.58 Å². The van der Waals surface area contributed by atoms with Gasteiger partial charge in [0.05, 0.1) is 34.2 Å². The van der Waals surface area contributed by atoms with Crippen molar-refractivity contribution in [2.75, 3.05) is 37.7 Å². The number of nitrogens with one attached hydrogen (secondary N) is 1. The number of aryl methyl sites for hydroxylation is 1. The summed E-state index contributed by atoms with van der Waals surface area (Å²) >= 11 is 0. The molecule has 4 atom stereocenters. The largest absolute Gasteiger partial charge is 0.487 e. The number of piperazine rings is 1. The molecule has 5 aliphatic rings. The summed E-state index contributed by atoms with van der Waals surface area (Å²) in [6.07, 6.45) is 3.31. The van der Waals surface area contributed by atoms with Crippen molar-refractivity contribution < 1.29 is 31.4 Å². The van der Waals surface area contributed by atoms with Crippen LogP contribution in [0.3, 0.4) is 0 Å². The van der Waals surface area contributed by atoms with Crippen LogP contribution < -0.4 is 19.7 Å². The van der Waals surface area contributed by atoms with Crippen LogP contribution in [0, 0.1) is 17.5 Å². The SMILES string of the molecule is Cn1ncc2ccc(F)c(-c3c(F)c4c5c(nc(OCC67CCCN6CC(=C(F)F)C7)nc5c3F)N3CC5CCC(N5)C3CO4)c21. The van der Waals surface area contributed by atoms with Crippen LogP contribution in [0.15, 0.2) is 30.0 Å². The summed E-state index contributed by atoms with van der Waals surface area (Å²) in [4.78, 5) is 13.2. The van der Waals surface area contributed by atoms with Crippen LogP contribution in [0.5, 0.6) is 11.8 Å². The molecule has 9 rings (SSSR count). The van der Waals surface area contributed by atoms with Gasteiger partial charge >= 0.3 is 6.01 Å². The van der Waals surface area contributed by atoms with Gasteiger partial charge in [-0.15, -0.1) is 0 Å². The second kappa shape index (κ2) is 9.98. The molecule has 14 heteroatoms. The Kier molecular flexibility index (Phi) is 6.12. The van der Waals surface area contributed by atoms with Crippen LogP contribution in [0.2, 0.25) is 0 Å². The topological polar surface area (TPSA) is 80.6 Å². The van der Waals surface area contributed by atoms with Crippen molar-refractivity contribution in [1.82, 2.24) is 30.0 Å². The van der Waals surface area contributed by atoms with Gasteiger partial charge in [0.2, 0.25) is 0 Å². The van der Waals surface area contributed by atoms with Gasteiger partial charge in [-0.1, -0.05) is 0 Å². The predicted molar refractivity (Wildman–Crippen MR) is 159 cm³/mol. The average molecular weight is 640 g/mol. The molecule has 9 nitrogen and oxygen atoms in total. The second-order valence-corrected chi connectivity index (χ2v) is 13.2. The lowest BCUT2D eigenvalue weighted by molar-refractivity contribution is 0.108. The van der Waals surface area contributed by atoms with Crippen LogP contribution in [0.4, 0.5) is 27.8 Å². The number of halogens is 5. The molecule has 0 spiro atoms. The molecule has 1 N–H and O–H groups in total. The van der Waals surface area contributed by atoms with Crippen LogP contribution in [-0.2, 0) is 7.05 Å². The molecule has 2 aromatic heterocycles. The lowest BCUT2D eigenvalue weighted by Crippen LogP contribution is -2.60. The van der Waals surface area contributed by atoms with Crippen LogP contribution in [-0.4, -0.2) is 81.2 Å². The maximum Gasteiger partial charge on any atom is 0.319 e. The van der Waals surface area contributed by atoms with E-state index in [1.165, 1.54) is 16.9 Å². The fraction of sp³-hybridized carbons (Fsp3) is 0.469. The minimum atomic E-state index is -1.67. The molecule has 2 bridgehead atoms. The molecule has 4 aromatic rings. The minimum absolute atomic E-state index is 0.0208. The fourth-order valence-corrected chi connectivity index (χ4v) is 8.51. The molecule has 0 amide bonds. The Morgan fingerprint density at radius 2 is 2.00 bits per heavy atom. The first kappa shape index (κ1) is 28.2. The molecule has 2 aromatic carbocycles. The Bertz CT molecular complexity index is 1980. The molecular formula is C32H30F5N7O2. The smallest absolute Gasteiger partial charge is 0.319 e. The zero-order chi connectivity index (χ0) is 31.5. The number of hydrogen-bond donors (Lipinski definition) is 1. The third kappa shape index (κ3) is 3.95. The lowest BCUT2D eigenvalue weighted by Gasteiger charge is -2.40. The van der Waals surface area contributed by atoms with Crippen molar-refractivity contribution in [3.63, 3.8) is 0 Å². The first-order valence-electron chi connectivity index (χ1n) is 15.6. The maximum atomic E-state index is 16.9. The second-order valence-electron chi connectivity index (χ2n) is 13.2. The fourth-order valence-electron chi connectivity index (χ4n) is 8.51. The number of hydrogen-bond acceptors (Lipinski definition) is 8. The normalized spacial score (nSPS) is 26.9. The molecule has 0 saturated carbocycles. The summed E-state index contributed by atoms with van der Waals surface area (Å²) in [5.74, 6) is -2.93. The van der Waals surface area contributed by atoms with Crippen LogP contribution in [0.1, 0.15) is 32.1 Å². The molecule has 4 fully saturated rings. The molecule has 4 saturated heterocycles. The quantitative estimate of drug-likeness (QED) is 0.310. The highest BCUT2D eigenvalue weighted by Gasteiger charge is 2.49. The zero-order valence-electron chi connectivity index (χ0n) is 24.9. The van der Waals surface area contributed by atoms with E-state index in [9.17, 15) is 8.78 Å². The van der Waals surface area contributed by atoms with Crippen molar-refractivity contribution >= 4 is 27.6 Å². The molecule has 4 unspecified atom stereocenters. The van der Waals surface area contributed by atoms with Crippen molar-refractivity contribution in [2.24, 2.45) is 7.05 Å². The Hall–Kier alpha value is -4.04. The Morgan fingerprint density at radius 3 is 2.85 bits per heavy atom. The number of ether oxygens (including phenoxy) is 2. The predicted octanol–water partition coefficient (Wildman–Crippen LogP) is 5.07. The molecule has 46 heavy (non-hydrogen) atoms. The van der Waals surface area contributed by atoms with E-state index in [2.05, 4.69) is 15.4 Å². The molecule has 0 radical (unpaired) electrons. The Morgan fingerprint density at radius 1 is 1.13 bits per heavy atom. The van der Waals surface area contributed by atoms with E-state index in [0.717, 1.165) is 25.3 Å². The van der Waals surface area contributed by atoms with Crippen molar-refractivity contribution in [3.8, 4) is 22.9 Å². The van der Waals surface area contributed by atoms with E-state index in [1.54, 1.807) is 7.05 Å². The van der Waals surface area contributed by atoms with E-state index in [1.807, 2.05) is 9.80 Å². The molecule has 5 aliphatic heterocycles. The average Bonchev–Trinajstić information content (AvgIpc) is 3.78. The molecule has 0 aliphatic carbocycles. The summed E-state index contributed by atoms with van der Waals surface area (Å²) in [7, 11) is 1.57. The molecular weight excluding hydrogens is 609 g/mol. The monoisotopic (exact) mass is 639 g/mol. The van der Waals surface area contributed by atoms with E-state index in [-0.39, 0.29) is 89.4 Å². The van der Waals surface area contributed by atoms with Gasteiger partial charge in [-0.05, 0) is 50.8 Å². The van der Waals surface area contributed by atoms with Crippen molar-refractivity contribution in [2.45, 2.75) is 55.8 Å². The van der Waals surface area contributed by atoms with E-state index in [0.29, 0.717) is 24.9 Å². The number of rotatable bonds is 4. The number of aromatic nitrogens is 4. The summed E-state index contributed by atoms with van der Waals surface area (Å²) in [5.41, 5.74) is -1.52. The van der Waals surface area contributed by atoms with Gasteiger partial charge in [0.15, 0.2) is 17.4 Å². The summed E-state index contributed by atoms with van der Waals surface area (Å²) < 4.78 is 90.2. The van der Waals surface area contributed by atoms with Gasteiger partial charge in [-0.25, -0.2) is 13.2 Å². The maximum absolute atomic E-state index is 16.9. The number of benzene rings is 2. The van der Waals surface area contributed by atoms with Crippen molar-refractivity contribution in [1.29, 1.82) is 0 Å². The number of anilines is 1. The van der Waals surface area contributed by atoms with Gasteiger partial charge in [0.1, 0.15) is 30.4 Å². The third-order valence-electron chi connectivity index (χ3n) is 10.7. The molecule has 7 heterocycles. The highest BCUT2D eigenvalue weighted by atomic mass is 19.3. The minimum Gasteiger partial charge on any atom is -0.487 e. The molecule has 240 valence electrons. The van der Waals surface area contributed by atoms with E-state index < -0.39 is 34.6 Å². The highest BCUT2D eigenvalue weighted by Crippen LogP contribution is 2.48. The van der Waals surface area contributed by atoms with Gasteiger partial charge in [-0.2, -0.15) is 23.8 Å².